The first kappa shape index (κ1) is 12.9. The Morgan fingerprint density at radius 1 is 1.53 bits per heavy atom. The second kappa shape index (κ2) is 5.85. The van der Waals surface area contributed by atoms with Crippen molar-refractivity contribution in [1.82, 2.24) is 0 Å². The van der Waals surface area contributed by atoms with Crippen molar-refractivity contribution in [3.8, 4) is 0 Å². The van der Waals surface area contributed by atoms with E-state index in [2.05, 4.69) is 46.0 Å². The third-order valence-electron chi connectivity index (χ3n) is 3.16. The Kier molecular flexibility index (Phi) is 4.42. The number of halogens is 1. The number of nitrogens with zero attached hydrogens (tertiary/aromatic N) is 1. The minimum atomic E-state index is 0.208. The first-order valence-corrected chi connectivity index (χ1v) is 6.73. The first-order chi connectivity index (χ1) is 8.22. The summed E-state index contributed by atoms with van der Waals surface area (Å²) in [7, 11) is 0. The second-order valence-electron chi connectivity index (χ2n) is 4.37. The molecule has 0 aliphatic carbocycles. The van der Waals surface area contributed by atoms with E-state index < -0.39 is 0 Å². The van der Waals surface area contributed by atoms with E-state index in [1.54, 1.807) is 0 Å². The minimum Gasteiger partial charge on any atom is -0.396 e. The van der Waals surface area contributed by atoms with Gasteiger partial charge in [-0.1, -0.05) is 15.9 Å². The predicted octanol–water partition coefficient (Wildman–Crippen LogP) is 2.35. The molecule has 0 radical (unpaired) electrons. The number of rotatable bonds is 3. The molecular formula is C13H18BrNO2. The van der Waals surface area contributed by atoms with Gasteiger partial charge in [0.15, 0.2) is 0 Å². The molecule has 2 rings (SSSR count). The van der Waals surface area contributed by atoms with E-state index in [0.29, 0.717) is 6.61 Å². The molecule has 1 heterocycles. The van der Waals surface area contributed by atoms with Gasteiger partial charge in [0.05, 0.1) is 19.3 Å². The van der Waals surface area contributed by atoms with Gasteiger partial charge in [0.2, 0.25) is 0 Å². The zero-order valence-corrected chi connectivity index (χ0v) is 11.6. The molecule has 3 nitrogen and oxygen atoms in total. The molecule has 17 heavy (non-hydrogen) atoms. The molecule has 0 saturated carbocycles. The van der Waals surface area contributed by atoms with Gasteiger partial charge in [-0.3, -0.25) is 0 Å². The van der Waals surface area contributed by atoms with Crippen LogP contribution in [0, 0.1) is 6.92 Å². The summed E-state index contributed by atoms with van der Waals surface area (Å²) in [5.74, 6) is 0. The summed E-state index contributed by atoms with van der Waals surface area (Å²) in [6.45, 7) is 4.69. The summed E-state index contributed by atoms with van der Waals surface area (Å²) in [5.41, 5.74) is 2.50. The van der Waals surface area contributed by atoms with Gasteiger partial charge in [-0.2, -0.15) is 0 Å². The summed E-state index contributed by atoms with van der Waals surface area (Å²) in [6.07, 6.45) is 0.759. The van der Waals surface area contributed by atoms with Gasteiger partial charge >= 0.3 is 0 Å². The summed E-state index contributed by atoms with van der Waals surface area (Å²) in [5, 5.41) is 9.11. The van der Waals surface area contributed by atoms with Gasteiger partial charge in [-0.05, 0) is 37.1 Å². The molecule has 1 aliphatic rings. The molecule has 1 aromatic carbocycles. The number of morpholine rings is 1. The number of aryl methyl sites for hydroxylation is 1. The van der Waals surface area contributed by atoms with Crippen LogP contribution in [0.3, 0.4) is 0 Å². The fourth-order valence-corrected chi connectivity index (χ4v) is 2.78. The van der Waals surface area contributed by atoms with Crippen molar-refractivity contribution in [3.63, 3.8) is 0 Å². The number of hydrogen-bond donors (Lipinski definition) is 1. The van der Waals surface area contributed by atoms with Gasteiger partial charge in [-0.15, -0.1) is 0 Å². The standard InChI is InChI=1S/C13H18BrNO2/c1-10-8-11(14)2-3-13(10)15-5-7-17-9-12(15)4-6-16/h2-3,8,12,16H,4-7,9H2,1H3. The molecular weight excluding hydrogens is 282 g/mol. The summed E-state index contributed by atoms with van der Waals surface area (Å²) >= 11 is 3.48. The zero-order chi connectivity index (χ0) is 12.3. The van der Waals surface area contributed by atoms with E-state index in [9.17, 15) is 0 Å². The zero-order valence-electron chi connectivity index (χ0n) is 10.0. The Balaban J connectivity index is 2.23. The summed E-state index contributed by atoms with van der Waals surface area (Å²) < 4.78 is 6.59. The van der Waals surface area contributed by atoms with Gasteiger partial charge in [0.25, 0.3) is 0 Å². The van der Waals surface area contributed by atoms with Crippen LogP contribution in [0.25, 0.3) is 0 Å². The monoisotopic (exact) mass is 299 g/mol. The van der Waals surface area contributed by atoms with E-state index in [1.165, 1.54) is 11.3 Å². The van der Waals surface area contributed by atoms with Crippen LogP contribution in [0.5, 0.6) is 0 Å². The third kappa shape index (κ3) is 3.00. The minimum absolute atomic E-state index is 0.208. The lowest BCUT2D eigenvalue weighted by atomic mass is 10.1. The van der Waals surface area contributed by atoms with Crippen molar-refractivity contribution >= 4 is 21.6 Å². The maximum atomic E-state index is 9.11. The van der Waals surface area contributed by atoms with E-state index in [0.717, 1.165) is 24.0 Å². The molecule has 94 valence electrons. The first-order valence-electron chi connectivity index (χ1n) is 5.94. The normalized spacial score (nSPS) is 20.6. The second-order valence-corrected chi connectivity index (χ2v) is 5.28. The highest BCUT2D eigenvalue weighted by Crippen LogP contribution is 2.27. The molecule has 1 N–H and O–H groups in total. The van der Waals surface area contributed by atoms with Gasteiger partial charge in [0.1, 0.15) is 0 Å². The lowest BCUT2D eigenvalue weighted by Gasteiger charge is -2.38. The van der Waals surface area contributed by atoms with Crippen molar-refractivity contribution in [2.75, 3.05) is 31.3 Å². The van der Waals surface area contributed by atoms with Crippen LogP contribution in [0.1, 0.15) is 12.0 Å². The van der Waals surface area contributed by atoms with Crippen molar-refractivity contribution < 1.29 is 9.84 Å². The van der Waals surface area contributed by atoms with Crippen LogP contribution in [-0.2, 0) is 4.74 Å². The van der Waals surface area contributed by atoms with Gasteiger partial charge in [-0.25, -0.2) is 0 Å². The van der Waals surface area contributed by atoms with E-state index >= 15 is 0 Å². The molecule has 1 unspecified atom stereocenters. The van der Waals surface area contributed by atoms with Crippen molar-refractivity contribution in [1.29, 1.82) is 0 Å². The van der Waals surface area contributed by atoms with Crippen molar-refractivity contribution in [2.45, 2.75) is 19.4 Å². The van der Waals surface area contributed by atoms with Crippen molar-refractivity contribution in [3.05, 3.63) is 28.2 Å². The Bertz CT molecular complexity index is 382. The van der Waals surface area contributed by atoms with E-state index in [4.69, 9.17) is 9.84 Å². The average Bonchev–Trinajstić information content (AvgIpc) is 2.31. The van der Waals surface area contributed by atoms with Crippen LogP contribution in [0.15, 0.2) is 22.7 Å². The molecule has 1 fully saturated rings. The fourth-order valence-electron chi connectivity index (χ4n) is 2.30. The molecule has 0 amide bonds. The SMILES string of the molecule is Cc1cc(Br)ccc1N1CCOCC1CCO. The number of hydrogen-bond acceptors (Lipinski definition) is 3. The highest BCUT2D eigenvalue weighted by Gasteiger charge is 2.23. The molecule has 1 aliphatic heterocycles. The number of anilines is 1. The topological polar surface area (TPSA) is 32.7 Å². The maximum Gasteiger partial charge on any atom is 0.0671 e. The van der Waals surface area contributed by atoms with Crippen LogP contribution >= 0.6 is 15.9 Å². The number of ether oxygens (including phenoxy) is 1. The molecule has 1 aromatic rings. The molecule has 4 heteroatoms. The third-order valence-corrected chi connectivity index (χ3v) is 3.65. The lowest BCUT2D eigenvalue weighted by molar-refractivity contribution is 0.0849. The molecule has 1 atom stereocenters. The Hall–Kier alpha value is -0.580. The Morgan fingerprint density at radius 2 is 2.35 bits per heavy atom. The van der Waals surface area contributed by atoms with Crippen LogP contribution < -0.4 is 4.90 Å². The maximum absolute atomic E-state index is 9.11. The molecule has 0 bridgehead atoms. The van der Waals surface area contributed by atoms with Crippen LogP contribution in [0.2, 0.25) is 0 Å². The predicted molar refractivity (Wildman–Crippen MR) is 72.5 cm³/mol. The summed E-state index contributed by atoms with van der Waals surface area (Å²) in [4.78, 5) is 2.35. The van der Waals surface area contributed by atoms with E-state index in [-0.39, 0.29) is 12.6 Å². The number of benzene rings is 1. The summed E-state index contributed by atoms with van der Waals surface area (Å²) in [6, 6.07) is 6.61. The number of aliphatic hydroxyl groups excluding tert-OH is 1. The molecule has 0 aromatic heterocycles. The molecule has 0 spiro atoms. The van der Waals surface area contributed by atoms with Crippen LogP contribution in [0.4, 0.5) is 5.69 Å². The Morgan fingerprint density at radius 3 is 3.06 bits per heavy atom. The molecule has 1 saturated heterocycles. The number of aliphatic hydroxyl groups is 1. The fraction of sp³-hybridized carbons (Fsp3) is 0.538. The van der Waals surface area contributed by atoms with Gasteiger partial charge < -0.3 is 14.7 Å². The quantitative estimate of drug-likeness (QED) is 0.930. The van der Waals surface area contributed by atoms with Gasteiger partial charge in [0, 0.05) is 23.3 Å². The average molecular weight is 300 g/mol. The van der Waals surface area contributed by atoms with Crippen molar-refractivity contribution in [2.24, 2.45) is 0 Å². The largest absolute Gasteiger partial charge is 0.396 e. The van der Waals surface area contributed by atoms with Crippen LogP contribution in [-0.4, -0.2) is 37.5 Å². The highest BCUT2D eigenvalue weighted by atomic mass is 79.9. The lowest BCUT2D eigenvalue weighted by Crippen LogP contribution is -2.46. The van der Waals surface area contributed by atoms with E-state index in [1.807, 2.05) is 0 Å². The Labute approximate surface area is 111 Å². The smallest absolute Gasteiger partial charge is 0.0671 e. The highest BCUT2D eigenvalue weighted by molar-refractivity contribution is 9.10.